The second-order valence-electron chi connectivity index (χ2n) is 5.86. The standard InChI is InChI=1S/C18H23NO5S/c1-3-4-7-18(20)19(14-17-6-5-12-23-17)13-15-8-10-16(11-9-15)24-25(2,21)22/h5-6,8-12H,3-4,7,13-14H2,1-2H3. The zero-order valence-corrected chi connectivity index (χ0v) is 15.3. The minimum absolute atomic E-state index is 0.0645. The van der Waals surface area contributed by atoms with E-state index < -0.39 is 10.1 Å². The van der Waals surface area contributed by atoms with E-state index in [0.29, 0.717) is 19.5 Å². The lowest BCUT2D eigenvalue weighted by Gasteiger charge is -2.22. The lowest BCUT2D eigenvalue weighted by Crippen LogP contribution is -2.29. The first-order valence-electron chi connectivity index (χ1n) is 8.16. The molecule has 1 aromatic heterocycles. The summed E-state index contributed by atoms with van der Waals surface area (Å²) in [5.74, 6) is 1.04. The van der Waals surface area contributed by atoms with Crippen LogP contribution in [0.25, 0.3) is 0 Å². The molecular weight excluding hydrogens is 342 g/mol. The van der Waals surface area contributed by atoms with Gasteiger partial charge in [-0.25, -0.2) is 0 Å². The number of nitrogens with zero attached hydrogens (tertiary/aromatic N) is 1. The van der Waals surface area contributed by atoms with Crippen molar-refractivity contribution in [2.24, 2.45) is 0 Å². The van der Waals surface area contributed by atoms with E-state index in [1.165, 1.54) is 0 Å². The Kier molecular flexibility index (Phi) is 6.64. The van der Waals surface area contributed by atoms with E-state index in [9.17, 15) is 13.2 Å². The highest BCUT2D eigenvalue weighted by atomic mass is 32.2. The van der Waals surface area contributed by atoms with Gasteiger partial charge in [0.2, 0.25) is 5.91 Å². The summed E-state index contributed by atoms with van der Waals surface area (Å²) >= 11 is 0. The quantitative estimate of drug-likeness (QED) is 0.637. The molecule has 1 aromatic carbocycles. The van der Waals surface area contributed by atoms with Gasteiger partial charge in [0.1, 0.15) is 11.5 Å². The Morgan fingerprint density at radius 3 is 2.44 bits per heavy atom. The van der Waals surface area contributed by atoms with E-state index in [0.717, 1.165) is 30.4 Å². The fourth-order valence-corrected chi connectivity index (χ4v) is 2.82. The molecule has 0 fully saturated rings. The Labute approximate surface area is 148 Å². The highest BCUT2D eigenvalue weighted by Crippen LogP contribution is 2.17. The van der Waals surface area contributed by atoms with Crippen LogP contribution in [0, 0.1) is 0 Å². The number of furan rings is 1. The lowest BCUT2D eigenvalue weighted by atomic mass is 10.1. The Bertz CT molecular complexity index is 766. The number of carbonyl (C=O) groups excluding carboxylic acids is 1. The molecular formula is C18H23NO5S. The minimum Gasteiger partial charge on any atom is -0.467 e. The van der Waals surface area contributed by atoms with Gasteiger partial charge in [0.05, 0.1) is 19.1 Å². The molecule has 0 saturated heterocycles. The van der Waals surface area contributed by atoms with Crippen molar-refractivity contribution in [2.45, 2.75) is 39.3 Å². The van der Waals surface area contributed by atoms with Gasteiger partial charge in [0.15, 0.2) is 0 Å². The second-order valence-corrected chi connectivity index (χ2v) is 7.44. The summed E-state index contributed by atoms with van der Waals surface area (Å²) in [6.45, 7) is 2.87. The summed E-state index contributed by atoms with van der Waals surface area (Å²) in [5.41, 5.74) is 0.886. The third kappa shape index (κ3) is 6.62. The van der Waals surface area contributed by atoms with Gasteiger partial charge in [0.25, 0.3) is 0 Å². The highest BCUT2D eigenvalue weighted by Gasteiger charge is 2.15. The summed E-state index contributed by atoms with van der Waals surface area (Å²) in [6, 6.07) is 10.3. The number of benzene rings is 1. The van der Waals surface area contributed by atoms with Crippen molar-refractivity contribution in [3.63, 3.8) is 0 Å². The summed E-state index contributed by atoms with van der Waals surface area (Å²) in [5, 5.41) is 0. The van der Waals surface area contributed by atoms with Gasteiger partial charge in [-0.2, -0.15) is 8.42 Å². The number of carbonyl (C=O) groups is 1. The summed E-state index contributed by atoms with van der Waals surface area (Å²) < 4.78 is 32.5. The van der Waals surface area contributed by atoms with Gasteiger partial charge in [-0.1, -0.05) is 25.5 Å². The average Bonchev–Trinajstić information content (AvgIpc) is 3.05. The zero-order chi connectivity index (χ0) is 18.3. The number of hydrogen-bond acceptors (Lipinski definition) is 5. The highest BCUT2D eigenvalue weighted by molar-refractivity contribution is 7.86. The molecule has 0 aliphatic rings. The largest absolute Gasteiger partial charge is 0.467 e. The van der Waals surface area contributed by atoms with Gasteiger partial charge in [-0.3, -0.25) is 4.79 Å². The molecule has 6 nitrogen and oxygen atoms in total. The molecule has 0 radical (unpaired) electrons. The van der Waals surface area contributed by atoms with Crippen LogP contribution in [0.1, 0.15) is 37.5 Å². The molecule has 2 rings (SSSR count). The van der Waals surface area contributed by atoms with Crippen LogP contribution >= 0.6 is 0 Å². The monoisotopic (exact) mass is 365 g/mol. The van der Waals surface area contributed by atoms with Crippen molar-refractivity contribution in [1.29, 1.82) is 0 Å². The first-order chi connectivity index (χ1) is 11.9. The van der Waals surface area contributed by atoms with Gasteiger partial charge < -0.3 is 13.5 Å². The molecule has 1 amide bonds. The van der Waals surface area contributed by atoms with Crippen molar-refractivity contribution in [2.75, 3.05) is 6.26 Å². The molecule has 0 aliphatic carbocycles. The van der Waals surface area contributed by atoms with Crippen LogP contribution < -0.4 is 4.18 Å². The van der Waals surface area contributed by atoms with E-state index in [1.807, 2.05) is 13.0 Å². The molecule has 2 aromatic rings. The smallest absolute Gasteiger partial charge is 0.306 e. The number of unbranched alkanes of at least 4 members (excludes halogenated alkanes) is 1. The van der Waals surface area contributed by atoms with Crippen LogP contribution in [0.3, 0.4) is 0 Å². The zero-order valence-electron chi connectivity index (χ0n) is 14.5. The number of rotatable bonds is 9. The van der Waals surface area contributed by atoms with E-state index in [2.05, 4.69) is 0 Å². The van der Waals surface area contributed by atoms with Crippen LogP contribution in [0.2, 0.25) is 0 Å². The Morgan fingerprint density at radius 2 is 1.88 bits per heavy atom. The fraction of sp³-hybridized carbons (Fsp3) is 0.389. The summed E-state index contributed by atoms with van der Waals surface area (Å²) in [4.78, 5) is 14.2. The van der Waals surface area contributed by atoms with Gasteiger partial charge in [-0.15, -0.1) is 0 Å². The SMILES string of the molecule is CCCCC(=O)N(Cc1ccc(OS(C)(=O)=O)cc1)Cc1ccco1. The summed E-state index contributed by atoms with van der Waals surface area (Å²) in [6.07, 6.45) is 4.87. The Hall–Kier alpha value is -2.28. The third-order valence-electron chi connectivity index (χ3n) is 3.57. The maximum absolute atomic E-state index is 12.5. The first kappa shape index (κ1) is 19.1. The third-order valence-corrected chi connectivity index (χ3v) is 4.06. The molecule has 0 atom stereocenters. The molecule has 136 valence electrons. The van der Waals surface area contributed by atoms with E-state index in [1.54, 1.807) is 41.5 Å². The van der Waals surface area contributed by atoms with Crippen molar-refractivity contribution < 1.29 is 21.8 Å². The van der Waals surface area contributed by atoms with Gasteiger partial charge in [0, 0.05) is 13.0 Å². The second kappa shape index (κ2) is 8.71. The van der Waals surface area contributed by atoms with Crippen LogP contribution in [-0.4, -0.2) is 25.5 Å². The predicted octanol–water partition coefficient (Wildman–Crippen LogP) is 3.34. The normalized spacial score (nSPS) is 11.3. The average molecular weight is 365 g/mol. The Balaban J connectivity index is 2.08. The minimum atomic E-state index is -3.55. The maximum Gasteiger partial charge on any atom is 0.306 e. The van der Waals surface area contributed by atoms with E-state index >= 15 is 0 Å². The topological polar surface area (TPSA) is 76.8 Å². The maximum atomic E-state index is 12.5. The van der Waals surface area contributed by atoms with Crippen molar-refractivity contribution >= 4 is 16.0 Å². The molecule has 0 aliphatic heterocycles. The van der Waals surface area contributed by atoms with Crippen LogP contribution in [0.15, 0.2) is 47.1 Å². The Morgan fingerprint density at radius 1 is 1.16 bits per heavy atom. The number of hydrogen-bond donors (Lipinski definition) is 0. The van der Waals surface area contributed by atoms with Crippen molar-refractivity contribution in [3.8, 4) is 5.75 Å². The van der Waals surface area contributed by atoms with Crippen molar-refractivity contribution in [1.82, 2.24) is 4.90 Å². The predicted molar refractivity (Wildman–Crippen MR) is 94.4 cm³/mol. The lowest BCUT2D eigenvalue weighted by molar-refractivity contribution is -0.132. The molecule has 0 bridgehead atoms. The molecule has 0 saturated carbocycles. The fourth-order valence-electron chi connectivity index (χ4n) is 2.35. The first-order valence-corrected chi connectivity index (χ1v) is 9.97. The molecule has 0 N–H and O–H groups in total. The molecule has 7 heteroatoms. The molecule has 0 unspecified atom stereocenters. The van der Waals surface area contributed by atoms with Gasteiger partial charge in [-0.05, 0) is 36.2 Å². The van der Waals surface area contributed by atoms with Crippen LogP contribution in [0.4, 0.5) is 0 Å². The number of amides is 1. The van der Waals surface area contributed by atoms with E-state index in [4.69, 9.17) is 8.60 Å². The molecule has 0 spiro atoms. The molecule has 25 heavy (non-hydrogen) atoms. The van der Waals surface area contributed by atoms with Crippen LogP contribution in [-0.2, 0) is 28.0 Å². The summed E-state index contributed by atoms with van der Waals surface area (Å²) in [7, 11) is -3.55. The van der Waals surface area contributed by atoms with Crippen LogP contribution in [0.5, 0.6) is 5.75 Å². The van der Waals surface area contributed by atoms with E-state index in [-0.39, 0.29) is 11.7 Å². The van der Waals surface area contributed by atoms with Crippen molar-refractivity contribution in [3.05, 3.63) is 54.0 Å². The van der Waals surface area contributed by atoms with Gasteiger partial charge >= 0.3 is 10.1 Å². The molecule has 1 heterocycles.